The van der Waals surface area contributed by atoms with E-state index in [1.807, 2.05) is 0 Å². The summed E-state index contributed by atoms with van der Waals surface area (Å²) in [6.45, 7) is 2.16. The maximum absolute atomic E-state index is 11.3. The van der Waals surface area contributed by atoms with E-state index in [1.165, 1.54) is 12.5 Å². The second-order valence-corrected chi connectivity index (χ2v) is 5.28. The highest BCUT2D eigenvalue weighted by molar-refractivity contribution is 5.81. The van der Waals surface area contributed by atoms with Crippen molar-refractivity contribution in [2.24, 2.45) is 5.92 Å². The Hall–Kier alpha value is -1.05. The molecule has 0 aromatic heterocycles. The van der Waals surface area contributed by atoms with Crippen LogP contribution in [0.25, 0.3) is 0 Å². The zero-order valence-corrected chi connectivity index (χ0v) is 11.1. The van der Waals surface area contributed by atoms with Crippen molar-refractivity contribution >= 4 is 5.97 Å². The number of ether oxygens (including phenoxy) is 1. The lowest BCUT2D eigenvalue weighted by molar-refractivity contribution is -0.137. The first kappa shape index (κ1) is 13.4. The summed E-state index contributed by atoms with van der Waals surface area (Å²) in [5.74, 6) is -0.00960. The van der Waals surface area contributed by atoms with Gasteiger partial charge in [0.05, 0.1) is 18.3 Å². The minimum Gasteiger partial charge on any atom is -0.462 e. The summed E-state index contributed by atoms with van der Waals surface area (Å²) < 4.78 is 4.85. The van der Waals surface area contributed by atoms with E-state index < -0.39 is 5.60 Å². The van der Waals surface area contributed by atoms with Crippen LogP contribution in [0.3, 0.4) is 0 Å². The monoisotopic (exact) mass is 250 g/mol. The molecule has 2 aliphatic carbocycles. The Morgan fingerprint density at radius 1 is 1.50 bits per heavy atom. The summed E-state index contributed by atoms with van der Waals surface area (Å²) in [6.07, 6.45) is 8.57. The number of aliphatic hydroxyl groups is 1. The Morgan fingerprint density at radius 2 is 2.28 bits per heavy atom. The van der Waals surface area contributed by atoms with Crippen LogP contribution in [0.15, 0.2) is 17.4 Å². The van der Waals surface area contributed by atoms with E-state index in [4.69, 9.17) is 4.74 Å². The zero-order chi connectivity index (χ0) is 13.0. The van der Waals surface area contributed by atoms with E-state index in [-0.39, 0.29) is 5.97 Å². The smallest absolute Gasteiger partial charge is 0.338 e. The second-order valence-electron chi connectivity index (χ2n) is 5.28. The molecule has 3 nitrogen and oxygen atoms in total. The lowest BCUT2D eigenvalue weighted by Gasteiger charge is -2.44. The molecule has 0 aromatic rings. The summed E-state index contributed by atoms with van der Waals surface area (Å²) in [6, 6.07) is 0. The lowest BCUT2D eigenvalue weighted by Crippen LogP contribution is -2.44. The third-order valence-corrected chi connectivity index (χ3v) is 4.19. The summed E-state index contributed by atoms with van der Waals surface area (Å²) in [5.41, 5.74) is 3.21. The Kier molecular flexibility index (Phi) is 4.26. The molecular formula is C15H22O3. The minimum atomic E-state index is -0.709. The Morgan fingerprint density at radius 3 is 3.06 bits per heavy atom. The van der Waals surface area contributed by atoms with Crippen LogP contribution in [0.1, 0.15) is 51.9 Å². The van der Waals surface area contributed by atoms with Gasteiger partial charge in [-0.05, 0) is 44.9 Å². The van der Waals surface area contributed by atoms with Gasteiger partial charge in [0.15, 0.2) is 0 Å². The van der Waals surface area contributed by atoms with Gasteiger partial charge in [-0.2, -0.15) is 0 Å². The van der Waals surface area contributed by atoms with Crippen LogP contribution in [0.5, 0.6) is 0 Å². The average molecular weight is 250 g/mol. The lowest BCUT2D eigenvalue weighted by atomic mass is 9.65. The van der Waals surface area contributed by atoms with E-state index in [2.05, 4.69) is 5.73 Å². The molecule has 2 fully saturated rings. The van der Waals surface area contributed by atoms with Crippen LogP contribution in [-0.2, 0) is 9.53 Å². The number of hydrogen-bond donors (Lipinski definition) is 1. The van der Waals surface area contributed by atoms with Gasteiger partial charge in [-0.3, -0.25) is 0 Å². The van der Waals surface area contributed by atoms with Gasteiger partial charge < -0.3 is 9.84 Å². The van der Waals surface area contributed by atoms with E-state index >= 15 is 0 Å². The molecule has 1 N–H and O–H groups in total. The molecule has 0 aromatic carbocycles. The second kappa shape index (κ2) is 5.73. The molecule has 0 amide bonds. The molecule has 2 atom stereocenters. The number of carbonyl (C=O) groups is 1. The number of fused-ring (bicyclic) bond motifs is 1. The maximum Gasteiger partial charge on any atom is 0.338 e. The van der Waals surface area contributed by atoms with Crippen molar-refractivity contribution in [2.45, 2.75) is 57.5 Å². The molecule has 0 saturated heterocycles. The van der Waals surface area contributed by atoms with E-state index in [1.54, 1.807) is 6.92 Å². The average Bonchev–Trinajstić information content (AvgIpc) is 2.36. The highest BCUT2D eigenvalue weighted by atomic mass is 16.5. The molecular weight excluding hydrogens is 228 g/mol. The largest absolute Gasteiger partial charge is 0.462 e. The normalized spacial score (nSPS) is 31.2. The quantitative estimate of drug-likeness (QED) is 0.465. The predicted molar refractivity (Wildman–Crippen MR) is 69.0 cm³/mol. The fraction of sp³-hybridized carbons (Fsp3) is 0.733. The van der Waals surface area contributed by atoms with Gasteiger partial charge in [0.2, 0.25) is 0 Å². The third kappa shape index (κ3) is 2.68. The number of carbonyl (C=O) groups excluding carboxylic acids is 1. The van der Waals surface area contributed by atoms with Crippen LogP contribution >= 0.6 is 0 Å². The standard InChI is InChI=1S/C15H22O3/c1-2-18-14(16)10-9-13-8-5-7-12-6-3-4-11-15(12,13)17/h10,12,17H,2-8,11H2,1H3/t9?,12-,15-/m0/s1. The predicted octanol–water partition coefficient (Wildman–Crippen LogP) is 2.74. The fourth-order valence-corrected chi connectivity index (χ4v) is 3.28. The van der Waals surface area contributed by atoms with Crippen LogP contribution in [0.4, 0.5) is 0 Å². The molecule has 0 radical (unpaired) electrons. The molecule has 3 heteroatoms. The number of rotatable bonds is 2. The van der Waals surface area contributed by atoms with Gasteiger partial charge in [0.1, 0.15) is 0 Å². The molecule has 2 aliphatic rings. The molecule has 0 unspecified atom stereocenters. The Bertz CT molecular complexity index is 377. The maximum atomic E-state index is 11.3. The minimum absolute atomic E-state index is 0.359. The van der Waals surface area contributed by atoms with Gasteiger partial charge in [0.25, 0.3) is 0 Å². The van der Waals surface area contributed by atoms with Crippen molar-refractivity contribution in [1.29, 1.82) is 0 Å². The van der Waals surface area contributed by atoms with Gasteiger partial charge in [-0.25, -0.2) is 4.79 Å². The molecule has 2 saturated carbocycles. The van der Waals surface area contributed by atoms with Crippen molar-refractivity contribution in [1.82, 2.24) is 0 Å². The third-order valence-electron chi connectivity index (χ3n) is 4.19. The summed E-state index contributed by atoms with van der Waals surface area (Å²) in [4.78, 5) is 11.3. The molecule has 0 heterocycles. The summed E-state index contributed by atoms with van der Waals surface area (Å²) in [5, 5.41) is 10.8. The van der Waals surface area contributed by atoms with Crippen molar-refractivity contribution in [3.05, 3.63) is 17.4 Å². The van der Waals surface area contributed by atoms with Gasteiger partial charge >= 0.3 is 5.97 Å². The van der Waals surface area contributed by atoms with E-state index in [0.29, 0.717) is 12.5 Å². The molecule has 0 bridgehead atoms. The Balaban J connectivity index is 2.20. The van der Waals surface area contributed by atoms with Crippen molar-refractivity contribution in [3.8, 4) is 0 Å². The topological polar surface area (TPSA) is 46.5 Å². The zero-order valence-electron chi connectivity index (χ0n) is 11.1. The highest BCUT2D eigenvalue weighted by Gasteiger charge is 2.43. The fourth-order valence-electron chi connectivity index (χ4n) is 3.28. The first-order chi connectivity index (χ1) is 8.66. The van der Waals surface area contributed by atoms with Crippen LogP contribution < -0.4 is 0 Å². The number of esters is 1. The van der Waals surface area contributed by atoms with Crippen LogP contribution in [0.2, 0.25) is 0 Å². The summed E-state index contributed by atoms with van der Waals surface area (Å²) in [7, 11) is 0. The van der Waals surface area contributed by atoms with Gasteiger partial charge in [-0.15, -0.1) is 5.73 Å². The van der Waals surface area contributed by atoms with Crippen molar-refractivity contribution in [2.75, 3.05) is 6.61 Å². The van der Waals surface area contributed by atoms with E-state index in [9.17, 15) is 9.90 Å². The molecule has 100 valence electrons. The molecule has 18 heavy (non-hydrogen) atoms. The first-order valence-electron chi connectivity index (χ1n) is 7.02. The molecule has 2 rings (SSSR count). The van der Waals surface area contributed by atoms with Crippen LogP contribution in [0, 0.1) is 5.92 Å². The van der Waals surface area contributed by atoms with Gasteiger partial charge in [-0.1, -0.05) is 12.8 Å². The molecule has 0 aliphatic heterocycles. The van der Waals surface area contributed by atoms with E-state index in [0.717, 1.165) is 44.1 Å². The Labute approximate surface area is 109 Å². The van der Waals surface area contributed by atoms with Crippen LogP contribution in [-0.4, -0.2) is 23.3 Å². The molecule has 0 spiro atoms. The van der Waals surface area contributed by atoms with Gasteiger partial charge in [0, 0.05) is 5.57 Å². The highest BCUT2D eigenvalue weighted by Crippen LogP contribution is 2.46. The van der Waals surface area contributed by atoms with Crippen molar-refractivity contribution in [3.63, 3.8) is 0 Å². The number of hydrogen-bond acceptors (Lipinski definition) is 3. The summed E-state index contributed by atoms with van der Waals surface area (Å²) >= 11 is 0. The SMILES string of the molecule is CCOC(=O)C=C=C1CCC[C@@H]2CCCC[C@@]12O. The first-order valence-corrected chi connectivity index (χ1v) is 7.02. The van der Waals surface area contributed by atoms with Crippen molar-refractivity contribution < 1.29 is 14.6 Å².